The number of hydrogen-bond acceptors (Lipinski definition) is 4. The number of benzene rings is 1. The average Bonchev–Trinajstić information content (AvgIpc) is 2.96. The molecule has 5 heteroatoms. The van der Waals surface area contributed by atoms with E-state index in [-0.39, 0.29) is 12.0 Å². The molecule has 1 fully saturated rings. The molecule has 0 bridgehead atoms. The van der Waals surface area contributed by atoms with E-state index in [4.69, 9.17) is 9.47 Å². The summed E-state index contributed by atoms with van der Waals surface area (Å²) in [4.78, 5) is 14.4. The van der Waals surface area contributed by atoms with E-state index in [9.17, 15) is 4.79 Å². The van der Waals surface area contributed by atoms with E-state index in [1.807, 2.05) is 25.2 Å². The normalized spacial score (nSPS) is 20.9. The number of carbonyl (C=O) groups is 1. The van der Waals surface area contributed by atoms with Gasteiger partial charge in [-0.2, -0.15) is 0 Å². The molecular formula is C17H26N2O3. The highest BCUT2D eigenvalue weighted by Crippen LogP contribution is 2.21. The molecule has 0 aliphatic carbocycles. The van der Waals surface area contributed by atoms with Gasteiger partial charge in [0, 0.05) is 39.5 Å². The molecular weight excluding hydrogens is 280 g/mol. The Morgan fingerprint density at radius 3 is 2.91 bits per heavy atom. The lowest BCUT2D eigenvalue weighted by Crippen LogP contribution is -2.37. The van der Waals surface area contributed by atoms with Gasteiger partial charge < -0.3 is 19.7 Å². The summed E-state index contributed by atoms with van der Waals surface area (Å²) in [6.45, 7) is 4.73. The SMILES string of the molecule is COCCN(C)c1ccccc1CNC(=O)C1OCCC1C. The minimum absolute atomic E-state index is 0.0145. The molecule has 1 aromatic carbocycles. The van der Waals surface area contributed by atoms with Gasteiger partial charge in [-0.3, -0.25) is 4.79 Å². The van der Waals surface area contributed by atoms with Crippen LogP contribution >= 0.6 is 0 Å². The van der Waals surface area contributed by atoms with Crippen LogP contribution in [-0.4, -0.2) is 45.9 Å². The second kappa shape index (κ2) is 8.15. The Bertz CT molecular complexity index is 493. The molecule has 0 aromatic heterocycles. The highest BCUT2D eigenvalue weighted by atomic mass is 16.5. The number of carbonyl (C=O) groups excluding carboxylic acids is 1. The molecule has 1 saturated heterocycles. The Kier molecular flexibility index (Phi) is 6.21. The maximum Gasteiger partial charge on any atom is 0.249 e. The smallest absolute Gasteiger partial charge is 0.249 e. The van der Waals surface area contributed by atoms with E-state index in [2.05, 4.69) is 23.2 Å². The number of rotatable bonds is 7. The number of nitrogens with zero attached hydrogens (tertiary/aromatic N) is 1. The molecule has 0 spiro atoms. The number of hydrogen-bond donors (Lipinski definition) is 1. The molecule has 1 aliphatic rings. The van der Waals surface area contributed by atoms with Crippen molar-refractivity contribution < 1.29 is 14.3 Å². The van der Waals surface area contributed by atoms with Gasteiger partial charge in [0.2, 0.25) is 5.91 Å². The zero-order chi connectivity index (χ0) is 15.9. The maximum absolute atomic E-state index is 12.2. The molecule has 0 saturated carbocycles. The summed E-state index contributed by atoms with van der Waals surface area (Å²) in [5, 5.41) is 3.00. The van der Waals surface area contributed by atoms with Gasteiger partial charge in [0.15, 0.2) is 0 Å². The van der Waals surface area contributed by atoms with Crippen LogP contribution in [0.1, 0.15) is 18.9 Å². The van der Waals surface area contributed by atoms with Crippen LogP contribution < -0.4 is 10.2 Å². The maximum atomic E-state index is 12.2. The summed E-state index contributed by atoms with van der Waals surface area (Å²) in [6, 6.07) is 8.10. The first-order valence-electron chi connectivity index (χ1n) is 7.80. The molecule has 2 rings (SSSR count). The van der Waals surface area contributed by atoms with Gasteiger partial charge in [-0.25, -0.2) is 0 Å². The van der Waals surface area contributed by atoms with Crippen LogP contribution in [-0.2, 0) is 20.8 Å². The highest BCUT2D eigenvalue weighted by Gasteiger charge is 2.30. The van der Waals surface area contributed by atoms with E-state index < -0.39 is 0 Å². The average molecular weight is 306 g/mol. The Hall–Kier alpha value is -1.59. The highest BCUT2D eigenvalue weighted by molar-refractivity contribution is 5.81. The fourth-order valence-corrected chi connectivity index (χ4v) is 2.69. The predicted octanol–water partition coefficient (Wildman–Crippen LogP) is 1.81. The molecule has 1 aromatic rings. The van der Waals surface area contributed by atoms with Crippen molar-refractivity contribution in [2.75, 3.05) is 38.8 Å². The van der Waals surface area contributed by atoms with Crippen molar-refractivity contribution in [3.05, 3.63) is 29.8 Å². The first-order chi connectivity index (χ1) is 10.6. The van der Waals surface area contributed by atoms with Crippen molar-refractivity contribution >= 4 is 11.6 Å². The van der Waals surface area contributed by atoms with E-state index in [0.29, 0.717) is 25.7 Å². The Balaban J connectivity index is 1.96. The number of likely N-dealkylation sites (N-methyl/N-ethyl adjacent to an activating group) is 1. The Morgan fingerprint density at radius 2 is 2.23 bits per heavy atom. The van der Waals surface area contributed by atoms with Gasteiger partial charge in [0.05, 0.1) is 6.61 Å². The van der Waals surface area contributed by atoms with Crippen LogP contribution in [0.3, 0.4) is 0 Å². The summed E-state index contributed by atoms with van der Waals surface area (Å²) < 4.78 is 10.6. The molecule has 5 nitrogen and oxygen atoms in total. The molecule has 1 N–H and O–H groups in total. The van der Waals surface area contributed by atoms with Gasteiger partial charge in [-0.1, -0.05) is 25.1 Å². The predicted molar refractivity (Wildman–Crippen MR) is 87.0 cm³/mol. The number of ether oxygens (including phenoxy) is 2. The molecule has 2 atom stereocenters. The largest absolute Gasteiger partial charge is 0.383 e. The van der Waals surface area contributed by atoms with Crippen molar-refractivity contribution in [1.29, 1.82) is 0 Å². The van der Waals surface area contributed by atoms with Gasteiger partial charge >= 0.3 is 0 Å². The van der Waals surface area contributed by atoms with E-state index in [1.165, 1.54) is 0 Å². The third-order valence-electron chi connectivity index (χ3n) is 4.13. The van der Waals surface area contributed by atoms with Gasteiger partial charge in [0.1, 0.15) is 6.10 Å². The summed E-state index contributed by atoms with van der Waals surface area (Å²) in [5.41, 5.74) is 2.21. The molecule has 122 valence electrons. The summed E-state index contributed by atoms with van der Waals surface area (Å²) in [5.74, 6) is 0.277. The van der Waals surface area contributed by atoms with Crippen LogP contribution in [0.2, 0.25) is 0 Å². The molecule has 1 amide bonds. The molecule has 2 unspecified atom stereocenters. The fourth-order valence-electron chi connectivity index (χ4n) is 2.69. The molecule has 1 aliphatic heterocycles. The second-order valence-electron chi connectivity index (χ2n) is 5.82. The quantitative estimate of drug-likeness (QED) is 0.835. The Labute approximate surface area is 132 Å². The summed E-state index contributed by atoms with van der Waals surface area (Å²) in [7, 11) is 3.73. The van der Waals surface area contributed by atoms with Crippen molar-refractivity contribution in [2.45, 2.75) is 26.0 Å². The summed E-state index contributed by atoms with van der Waals surface area (Å²) in [6.07, 6.45) is 0.646. The van der Waals surface area contributed by atoms with Crippen LogP contribution in [0.5, 0.6) is 0 Å². The van der Waals surface area contributed by atoms with Gasteiger partial charge in [-0.05, 0) is 24.0 Å². The minimum atomic E-state index is -0.307. The van der Waals surface area contributed by atoms with Crippen molar-refractivity contribution in [3.8, 4) is 0 Å². The van der Waals surface area contributed by atoms with Crippen molar-refractivity contribution in [2.24, 2.45) is 5.92 Å². The van der Waals surface area contributed by atoms with Crippen LogP contribution in [0.25, 0.3) is 0 Å². The monoisotopic (exact) mass is 306 g/mol. The van der Waals surface area contributed by atoms with Crippen LogP contribution in [0.4, 0.5) is 5.69 Å². The number of amides is 1. The second-order valence-corrected chi connectivity index (χ2v) is 5.82. The Morgan fingerprint density at radius 1 is 1.45 bits per heavy atom. The first kappa shape index (κ1) is 16.8. The zero-order valence-corrected chi connectivity index (χ0v) is 13.7. The van der Waals surface area contributed by atoms with Crippen LogP contribution in [0, 0.1) is 5.92 Å². The van der Waals surface area contributed by atoms with E-state index in [0.717, 1.165) is 24.2 Å². The van der Waals surface area contributed by atoms with Crippen molar-refractivity contribution in [3.63, 3.8) is 0 Å². The lowest BCUT2D eigenvalue weighted by Gasteiger charge is -2.23. The zero-order valence-electron chi connectivity index (χ0n) is 13.7. The van der Waals surface area contributed by atoms with E-state index >= 15 is 0 Å². The number of anilines is 1. The lowest BCUT2D eigenvalue weighted by atomic mass is 10.0. The number of nitrogens with one attached hydrogen (secondary N) is 1. The lowest BCUT2D eigenvalue weighted by molar-refractivity contribution is -0.131. The third-order valence-corrected chi connectivity index (χ3v) is 4.13. The number of methoxy groups -OCH3 is 1. The van der Waals surface area contributed by atoms with E-state index in [1.54, 1.807) is 7.11 Å². The molecule has 0 radical (unpaired) electrons. The topological polar surface area (TPSA) is 50.8 Å². The third kappa shape index (κ3) is 4.21. The van der Waals surface area contributed by atoms with Gasteiger partial charge in [-0.15, -0.1) is 0 Å². The standard InChI is InChI=1S/C17H26N2O3/c1-13-8-10-22-16(13)17(20)18-12-14-6-4-5-7-15(14)19(2)9-11-21-3/h4-7,13,16H,8-12H2,1-3H3,(H,18,20). The first-order valence-corrected chi connectivity index (χ1v) is 7.80. The summed E-state index contributed by atoms with van der Waals surface area (Å²) >= 11 is 0. The van der Waals surface area contributed by atoms with Gasteiger partial charge in [0.25, 0.3) is 0 Å². The van der Waals surface area contributed by atoms with Crippen LogP contribution in [0.15, 0.2) is 24.3 Å². The number of para-hydroxylation sites is 1. The van der Waals surface area contributed by atoms with Crippen molar-refractivity contribution in [1.82, 2.24) is 5.32 Å². The molecule has 22 heavy (non-hydrogen) atoms. The molecule has 1 heterocycles. The fraction of sp³-hybridized carbons (Fsp3) is 0.588. The minimum Gasteiger partial charge on any atom is -0.383 e.